The third-order valence-corrected chi connectivity index (χ3v) is 3.69. The topological polar surface area (TPSA) is 66.9 Å². The van der Waals surface area contributed by atoms with Gasteiger partial charge < -0.3 is 14.5 Å². The summed E-state index contributed by atoms with van der Waals surface area (Å²) in [4.78, 5) is 37.5. The lowest BCUT2D eigenvalue weighted by atomic mass is 10.2. The van der Waals surface area contributed by atoms with Crippen molar-refractivity contribution in [3.8, 4) is 0 Å². The molecule has 0 aromatic rings. The molecule has 2 aliphatic heterocycles. The Morgan fingerprint density at radius 1 is 1.56 bits per heavy atom. The van der Waals surface area contributed by atoms with Crippen LogP contribution in [0.2, 0.25) is 0 Å². The number of piperazine rings is 1. The second kappa shape index (κ2) is 4.32. The summed E-state index contributed by atoms with van der Waals surface area (Å²) in [6.45, 7) is -0.166. The van der Waals surface area contributed by atoms with Crippen LogP contribution in [-0.4, -0.2) is 65.5 Å². The maximum Gasteiger partial charge on any atom is 0.325 e. The monoisotopic (exact) mass is 244 g/mol. The second-order valence-electron chi connectivity index (χ2n) is 3.65. The Labute approximate surface area is 96.9 Å². The molecular formula is C9H12N2O4S. The number of hydrogen-bond donors (Lipinski definition) is 0. The van der Waals surface area contributed by atoms with E-state index in [1.807, 2.05) is 0 Å². The lowest BCUT2D eigenvalue weighted by Gasteiger charge is -2.35. The maximum absolute atomic E-state index is 11.9. The van der Waals surface area contributed by atoms with Gasteiger partial charge in [0.2, 0.25) is 11.8 Å². The van der Waals surface area contributed by atoms with E-state index >= 15 is 0 Å². The van der Waals surface area contributed by atoms with Crippen molar-refractivity contribution >= 4 is 29.5 Å². The summed E-state index contributed by atoms with van der Waals surface area (Å²) in [7, 11) is 1.26. The smallest absolute Gasteiger partial charge is 0.325 e. The summed E-state index contributed by atoms with van der Waals surface area (Å²) in [6.07, 6.45) is 0. The lowest BCUT2D eigenvalue weighted by Crippen LogP contribution is -2.59. The zero-order valence-electron chi connectivity index (χ0n) is 8.84. The first-order chi connectivity index (χ1) is 7.63. The Balaban J connectivity index is 2.08. The summed E-state index contributed by atoms with van der Waals surface area (Å²) in [5.74, 6) is 0.428. The van der Waals surface area contributed by atoms with Gasteiger partial charge >= 0.3 is 5.97 Å². The van der Waals surface area contributed by atoms with Gasteiger partial charge in [0.25, 0.3) is 0 Å². The number of rotatable bonds is 2. The Bertz CT molecular complexity index is 346. The first-order valence-corrected chi connectivity index (χ1v) is 6.01. The molecule has 16 heavy (non-hydrogen) atoms. The Morgan fingerprint density at radius 3 is 3.00 bits per heavy atom. The van der Waals surface area contributed by atoms with Crippen LogP contribution in [0.3, 0.4) is 0 Å². The minimum atomic E-state index is -0.500. The normalized spacial score (nSPS) is 24.7. The predicted molar refractivity (Wildman–Crippen MR) is 56.6 cm³/mol. The van der Waals surface area contributed by atoms with Crippen LogP contribution in [0.5, 0.6) is 0 Å². The standard InChI is InChI=1S/C9H12N2O4S/c1-15-8(13)3-10-2-7(12)11-5-16-4-6(11)9(10)14/h6H,2-5H2,1H3/t6-/m0/s1. The molecule has 88 valence electrons. The lowest BCUT2D eigenvalue weighted by molar-refractivity contribution is -0.157. The molecule has 0 bridgehead atoms. The molecule has 1 atom stereocenters. The van der Waals surface area contributed by atoms with Crippen LogP contribution in [0.15, 0.2) is 0 Å². The van der Waals surface area contributed by atoms with Crippen molar-refractivity contribution in [2.45, 2.75) is 6.04 Å². The van der Waals surface area contributed by atoms with Crippen LogP contribution < -0.4 is 0 Å². The molecule has 2 rings (SSSR count). The van der Waals surface area contributed by atoms with Gasteiger partial charge in [0.05, 0.1) is 13.0 Å². The number of hydrogen-bond acceptors (Lipinski definition) is 5. The van der Waals surface area contributed by atoms with Gasteiger partial charge in [-0.05, 0) is 0 Å². The molecule has 7 heteroatoms. The average Bonchev–Trinajstić information content (AvgIpc) is 2.74. The number of fused-ring (bicyclic) bond motifs is 1. The second-order valence-corrected chi connectivity index (χ2v) is 4.65. The van der Waals surface area contributed by atoms with Crippen molar-refractivity contribution in [1.29, 1.82) is 0 Å². The van der Waals surface area contributed by atoms with E-state index < -0.39 is 12.0 Å². The molecule has 0 radical (unpaired) electrons. The number of nitrogens with zero attached hydrogens (tertiary/aromatic N) is 2. The Hall–Kier alpha value is -1.24. The summed E-state index contributed by atoms with van der Waals surface area (Å²) >= 11 is 1.56. The molecule has 0 N–H and O–H groups in total. The van der Waals surface area contributed by atoms with Gasteiger partial charge in [-0.2, -0.15) is 0 Å². The molecule has 2 heterocycles. The molecule has 2 amide bonds. The number of esters is 1. The maximum atomic E-state index is 11.9. The summed E-state index contributed by atoms with van der Waals surface area (Å²) in [5, 5.41) is 0. The van der Waals surface area contributed by atoms with Crippen LogP contribution in [0, 0.1) is 0 Å². The molecule has 2 saturated heterocycles. The van der Waals surface area contributed by atoms with E-state index in [1.165, 1.54) is 12.0 Å². The fraction of sp³-hybridized carbons (Fsp3) is 0.667. The minimum absolute atomic E-state index is 0.0228. The van der Waals surface area contributed by atoms with E-state index in [0.29, 0.717) is 11.6 Å². The third-order valence-electron chi connectivity index (χ3n) is 2.67. The van der Waals surface area contributed by atoms with Crippen molar-refractivity contribution in [3.05, 3.63) is 0 Å². The number of carbonyl (C=O) groups excluding carboxylic acids is 3. The molecule has 2 fully saturated rings. The summed E-state index contributed by atoms with van der Waals surface area (Å²) < 4.78 is 4.48. The Morgan fingerprint density at radius 2 is 2.31 bits per heavy atom. The zero-order valence-corrected chi connectivity index (χ0v) is 9.66. The molecule has 2 aliphatic rings. The zero-order chi connectivity index (χ0) is 11.7. The van der Waals surface area contributed by atoms with Crippen molar-refractivity contribution in [2.24, 2.45) is 0 Å². The quantitative estimate of drug-likeness (QED) is 0.577. The van der Waals surface area contributed by atoms with Crippen LogP contribution >= 0.6 is 11.8 Å². The van der Waals surface area contributed by atoms with E-state index in [4.69, 9.17) is 0 Å². The molecule has 6 nitrogen and oxygen atoms in total. The SMILES string of the molecule is COC(=O)CN1CC(=O)N2CSC[C@H]2C1=O. The first kappa shape index (κ1) is 11.3. The van der Waals surface area contributed by atoms with Crippen molar-refractivity contribution in [3.63, 3.8) is 0 Å². The summed E-state index contributed by atoms with van der Waals surface area (Å²) in [5.41, 5.74) is 0. The van der Waals surface area contributed by atoms with E-state index in [0.717, 1.165) is 0 Å². The van der Waals surface area contributed by atoms with Gasteiger partial charge in [-0.1, -0.05) is 0 Å². The molecule has 0 saturated carbocycles. The van der Waals surface area contributed by atoms with E-state index in [9.17, 15) is 14.4 Å². The number of carbonyl (C=O) groups is 3. The Kier molecular flexibility index (Phi) is 3.04. The van der Waals surface area contributed by atoms with Crippen LogP contribution in [0.25, 0.3) is 0 Å². The van der Waals surface area contributed by atoms with E-state index in [1.54, 1.807) is 16.7 Å². The highest BCUT2D eigenvalue weighted by Crippen LogP contribution is 2.25. The highest BCUT2D eigenvalue weighted by Gasteiger charge is 2.42. The molecule has 0 spiro atoms. The van der Waals surface area contributed by atoms with Gasteiger partial charge in [0.15, 0.2) is 0 Å². The molecular weight excluding hydrogens is 232 g/mol. The van der Waals surface area contributed by atoms with Crippen LogP contribution in [0.1, 0.15) is 0 Å². The molecule has 0 aromatic heterocycles. The largest absolute Gasteiger partial charge is 0.468 e. The van der Waals surface area contributed by atoms with Gasteiger partial charge in [-0.25, -0.2) is 0 Å². The van der Waals surface area contributed by atoms with Crippen molar-refractivity contribution < 1.29 is 19.1 Å². The van der Waals surface area contributed by atoms with E-state index in [2.05, 4.69) is 4.74 Å². The highest BCUT2D eigenvalue weighted by molar-refractivity contribution is 7.99. The highest BCUT2D eigenvalue weighted by atomic mass is 32.2. The predicted octanol–water partition coefficient (Wildman–Crippen LogP) is -1.10. The van der Waals surface area contributed by atoms with Gasteiger partial charge in [-0.3, -0.25) is 14.4 Å². The third kappa shape index (κ3) is 1.87. The number of ether oxygens (including phenoxy) is 1. The van der Waals surface area contributed by atoms with Crippen molar-refractivity contribution in [1.82, 2.24) is 9.80 Å². The molecule has 0 aliphatic carbocycles. The van der Waals surface area contributed by atoms with Crippen LogP contribution in [0.4, 0.5) is 0 Å². The van der Waals surface area contributed by atoms with E-state index in [-0.39, 0.29) is 24.9 Å². The fourth-order valence-corrected chi connectivity index (χ4v) is 2.96. The van der Waals surface area contributed by atoms with Gasteiger partial charge in [0.1, 0.15) is 19.1 Å². The average molecular weight is 244 g/mol. The van der Waals surface area contributed by atoms with Crippen LogP contribution in [-0.2, 0) is 19.1 Å². The fourth-order valence-electron chi connectivity index (χ4n) is 1.79. The molecule has 0 aromatic carbocycles. The summed E-state index contributed by atoms with van der Waals surface area (Å²) in [6, 6.07) is -0.393. The number of amides is 2. The van der Waals surface area contributed by atoms with Crippen molar-refractivity contribution in [2.75, 3.05) is 31.8 Å². The van der Waals surface area contributed by atoms with Gasteiger partial charge in [0, 0.05) is 5.75 Å². The van der Waals surface area contributed by atoms with Gasteiger partial charge in [-0.15, -0.1) is 11.8 Å². The number of methoxy groups -OCH3 is 1. The first-order valence-electron chi connectivity index (χ1n) is 4.86. The number of thioether (sulfide) groups is 1. The minimum Gasteiger partial charge on any atom is -0.468 e. The molecule has 0 unspecified atom stereocenters.